The highest BCUT2D eigenvalue weighted by molar-refractivity contribution is 5.43. The van der Waals surface area contributed by atoms with E-state index in [0.29, 0.717) is 17.8 Å². The minimum absolute atomic E-state index is 0.151. The molecule has 1 saturated heterocycles. The topological polar surface area (TPSA) is 101 Å². The minimum atomic E-state index is 0.151. The summed E-state index contributed by atoms with van der Waals surface area (Å²) in [5, 5.41) is 3.30. The van der Waals surface area contributed by atoms with Crippen LogP contribution in [0.1, 0.15) is 27.2 Å². The third kappa shape index (κ3) is 3.26. The second-order valence-corrected chi connectivity index (χ2v) is 4.71. The van der Waals surface area contributed by atoms with Gasteiger partial charge in [-0.2, -0.15) is 15.0 Å². The van der Waals surface area contributed by atoms with Crippen LogP contribution in [0.15, 0.2) is 0 Å². The van der Waals surface area contributed by atoms with Gasteiger partial charge in [0.15, 0.2) is 0 Å². The number of hydrogen-bond acceptors (Lipinski definition) is 8. The number of aromatic nitrogens is 3. The number of hydrazine groups is 1. The first-order valence-electron chi connectivity index (χ1n) is 7.03. The van der Waals surface area contributed by atoms with E-state index in [2.05, 4.69) is 39.5 Å². The Morgan fingerprint density at radius 3 is 2.50 bits per heavy atom. The molecule has 1 aromatic rings. The van der Waals surface area contributed by atoms with E-state index in [1.807, 2.05) is 11.8 Å². The molecule has 2 atom stereocenters. The van der Waals surface area contributed by atoms with Crippen LogP contribution in [-0.4, -0.2) is 46.8 Å². The van der Waals surface area contributed by atoms with E-state index in [-0.39, 0.29) is 12.1 Å². The van der Waals surface area contributed by atoms with Gasteiger partial charge in [-0.15, -0.1) is 0 Å². The fourth-order valence-electron chi connectivity index (χ4n) is 2.23. The molecule has 0 aromatic carbocycles. The van der Waals surface area contributed by atoms with Crippen molar-refractivity contribution in [1.29, 1.82) is 0 Å². The lowest BCUT2D eigenvalue weighted by atomic mass is 10.2. The van der Waals surface area contributed by atoms with Crippen LogP contribution >= 0.6 is 0 Å². The molecule has 2 unspecified atom stereocenters. The largest absolute Gasteiger partial charge is 0.376 e. The highest BCUT2D eigenvalue weighted by Gasteiger charge is 2.25. The minimum Gasteiger partial charge on any atom is -0.376 e. The zero-order chi connectivity index (χ0) is 14.5. The summed E-state index contributed by atoms with van der Waals surface area (Å²) >= 11 is 0. The molecule has 1 fully saturated rings. The molecule has 0 saturated carbocycles. The van der Waals surface area contributed by atoms with Crippen LogP contribution in [0.5, 0.6) is 0 Å². The van der Waals surface area contributed by atoms with Gasteiger partial charge in [0.2, 0.25) is 17.8 Å². The fourth-order valence-corrected chi connectivity index (χ4v) is 2.23. The summed E-state index contributed by atoms with van der Waals surface area (Å²) in [5.41, 5.74) is 2.49. The Morgan fingerprint density at radius 2 is 1.95 bits per heavy atom. The molecule has 0 radical (unpaired) electrons. The van der Waals surface area contributed by atoms with Crippen molar-refractivity contribution in [3.63, 3.8) is 0 Å². The van der Waals surface area contributed by atoms with Crippen molar-refractivity contribution >= 4 is 17.8 Å². The molecular weight excluding hydrogens is 258 g/mol. The second kappa shape index (κ2) is 6.67. The molecule has 0 bridgehead atoms. The van der Waals surface area contributed by atoms with E-state index in [9.17, 15) is 0 Å². The van der Waals surface area contributed by atoms with Crippen LogP contribution in [0.4, 0.5) is 17.8 Å². The van der Waals surface area contributed by atoms with E-state index < -0.39 is 0 Å². The van der Waals surface area contributed by atoms with E-state index in [0.717, 1.165) is 26.1 Å². The Morgan fingerprint density at radius 1 is 1.25 bits per heavy atom. The van der Waals surface area contributed by atoms with Crippen molar-refractivity contribution in [3.8, 4) is 0 Å². The predicted molar refractivity (Wildman–Crippen MR) is 78.6 cm³/mol. The summed E-state index contributed by atoms with van der Waals surface area (Å²) in [6.07, 6.45) is 1.09. The van der Waals surface area contributed by atoms with Crippen LogP contribution in [0.25, 0.3) is 0 Å². The zero-order valence-corrected chi connectivity index (χ0v) is 12.3. The SMILES string of the molecule is CCN(CC)c1nc(NN)nc(NC2CCOC2C)n1. The third-order valence-corrected chi connectivity index (χ3v) is 3.49. The summed E-state index contributed by atoms with van der Waals surface area (Å²) in [6, 6.07) is 0.215. The molecule has 2 rings (SSSR count). The average Bonchev–Trinajstić information content (AvgIpc) is 2.85. The smallest absolute Gasteiger partial charge is 0.243 e. The molecule has 1 aliphatic heterocycles. The van der Waals surface area contributed by atoms with Gasteiger partial charge >= 0.3 is 0 Å². The van der Waals surface area contributed by atoms with Crippen LogP contribution in [0.2, 0.25) is 0 Å². The Balaban J connectivity index is 2.21. The van der Waals surface area contributed by atoms with Crippen molar-refractivity contribution in [2.45, 2.75) is 39.3 Å². The van der Waals surface area contributed by atoms with E-state index in [4.69, 9.17) is 10.6 Å². The van der Waals surface area contributed by atoms with Crippen molar-refractivity contribution in [2.24, 2.45) is 5.84 Å². The van der Waals surface area contributed by atoms with Gasteiger partial charge in [0, 0.05) is 19.7 Å². The maximum absolute atomic E-state index is 5.53. The van der Waals surface area contributed by atoms with Crippen molar-refractivity contribution in [2.75, 3.05) is 35.3 Å². The molecule has 2 heterocycles. The van der Waals surface area contributed by atoms with Gasteiger partial charge in [-0.05, 0) is 27.2 Å². The molecule has 1 aromatic heterocycles. The lowest BCUT2D eigenvalue weighted by Crippen LogP contribution is -2.30. The molecule has 0 aliphatic carbocycles. The zero-order valence-electron chi connectivity index (χ0n) is 12.3. The molecule has 4 N–H and O–H groups in total. The summed E-state index contributed by atoms with van der Waals surface area (Å²) < 4.78 is 5.53. The average molecular weight is 281 g/mol. The normalized spacial score (nSPS) is 21.8. The summed E-state index contributed by atoms with van der Waals surface area (Å²) in [6.45, 7) is 8.57. The Labute approximate surface area is 119 Å². The Kier molecular flexibility index (Phi) is 4.91. The number of nitrogens with zero attached hydrogens (tertiary/aromatic N) is 4. The van der Waals surface area contributed by atoms with Gasteiger partial charge in [-0.3, -0.25) is 5.43 Å². The number of ether oxygens (including phenoxy) is 1. The van der Waals surface area contributed by atoms with Crippen LogP contribution in [-0.2, 0) is 4.74 Å². The highest BCUT2D eigenvalue weighted by Crippen LogP contribution is 2.19. The summed E-state index contributed by atoms with van der Waals surface area (Å²) in [7, 11) is 0. The lowest BCUT2D eigenvalue weighted by Gasteiger charge is -2.21. The van der Waals surface area contributed by atoms with Gasteiger partial charge < -0.3 is 15.0 Å². The molecule has 112 valence electrons. The van der Waals surface area contributed by atoms with Gasteiger partial charge in [0.1, 0.15) is 0 Å². The molecular formula is C12H23N7O. The molecule has 8 nitrogen and oxygen atoms in total. The molecule has 8 heteroatoms. The number of nitrogens with two attached hydrogens (primary N) is 1. The number of nitrogen functional groups attached to an aromatic ring is 1. The van der Waals surface area contributed by atoms with Crippen LogP contribution < -0.4 is 21.5 Å². The quantitative estimate of drug-likeness (QED) is 0.514. The molecule has 20 heavy (non-hydrogen) atoms. The van der Waals surface area contributed by atoms with E-state index in [1.165, 1.54) is 0 Å². The lowest BCUT2D eigenvalue weighted by molar-refractivity contribution is 0.121. The maximum Gasteiger partial charge on any atom is 0.243 e. The highest BCUT2D eigenvalue weighted by atomic mass is 16.5. The van der Waals surface area contributed by atoms with Crippen LogP contribution in [0, 0.1) is 0 Å². The summed E-state index contributed by atoms with van der Waals surface area (Å²) in [4.78, 5) is 15.0. The second-order valence-electron chi connectivity index (χ2n) is 4.71. The van der Waals surface area contributed by atoms with E-state index >= 15 is 0 Å². The van der Waals surface area contributed by atoms with Crippen molar-refractivity contribution in [1.82, 2.24) is 15.0 Å². The van der Waals surface area contributed by atoms with Gasteiger partial charge in [-0.1, -0.05) is 0 Å². The number of rotatable bonds is 6. The summed E-state index contributed by atoms with van der Waals surface area (Å²) in [5.74, 6) is 6.93. The Bertz CT molecular complexity index is 438. The Hall–Kier alpha value is -1.67. The monoisotopic (exact) mass is 281 g/mol. The molecule has 0 amide bonds. The number of nitrogens with one attached hydrogen (secondary N) is 2. The van der Waals surface area contributed by atoms with Gasteiger partial charge in [0.25, 0.3) is 0 Å². The van der Waals surface area contributed by atoms with Crippen molar-refractivity contribution < 1.29 is 4.74 Å². The van der Waals surface area contributed by atoms with E-state index in [1.54, 1.807) is 0 Å². The first kappa shape index (κ1) is 14.7. The van der Waals surface area contributed by atoms with Crippen molar-refractivity contribution in [3.05, 3.63) is 0 Å². The standard InChI is InChI=1S/C12H23N7O/c1-4-19(5-2)12-16-10(15-11(17-12)18-13)14-9-6-7-20-8(9)3/h8-9H,4-7,13H2,1-3H3,(H2,14,15,16,17,18). The van der Waals surface area contributed by atoms with Gasteiger partial charge in [0.05, 0.1) is 12.1 Å². The molecule has 1 aliphatic rings. The van der Waals surface area contributed by atoms with Crippen LogP contribution in [0.3, 0.4) is 0 Å². The van der Waals surface area contributed by atoms with Gasteiger partial charge in [-0.25, -0.2) is 5.84 Å². The third-order valence-electron chi connectivity index (χ3n) is 3.49. The molecule has 0 spiro atoms. The first-order chi connectivity index (χ1) is 9.67. The number of anilines is 3. The maximum atomic E-state index is 5.53. The fraction of sp³-hybridized carbons (Fsp3) is 0.750. The first-order valence-corrected chi connectivity index (χ1v) is 7.03. The number of hydrogen-bond donors (Lipinski definition) is 3. The predicted octanol–water partition coefficient (Wildman–Crippen LogP) is 0.593.